The molecule has 1 aromatic carbocycles. The first-order chi connectivity index (χ1) is 13.2. The van der Waals surface area contributed by atoms with Crippen LogP contribution >= 0.6 is 0 Å². The third-order valence-corrected chi connectivity index (χ3v) is 6.31. The minimum absolute atomic E-state index is 0.128. The van der Waals surface area contributed by atoms with Crippen molar-refractivity contribution >= 4 is 17.4 Å². The lowest BCUT2D eigenvalue weighted by Gasteiger charge is -2.35. The second-order valence-corrected chi connectivity index (χ2v) is 8.10. The number of rotatable bonds is 5. The molecule has 144 valence electrons. The van der Waals surface area contributed by atoms with Crippen LogP contribution in [0.3, 0.4) is 0 Å². The van der Waals surface area contributed by atoms with Gasteiger partial charge in [-0.2, -0.15) is 5.10 Å². The molecular weight excluding hydrogens is 338 g/mol. The van der Waals surface area contributed by atoms with Gasteiger partial charge in [0.15, 0.2) is 5.78 Å². The van der Waals surface area contributed by atoms with Crippen molar-refractivity contribution < 1.29 is 9.59 Å². The predicted molar refractivity (Wildman–Crippen MR) is 106 cm³/mol. The van der Waals surface area contributed by atoms with E-state index in [0.29, 0.717) is 18.9 Å². The first-order valence-electron chi connectivity index (χ1n) is 10.4. The Bertz CT molecular complexity index is 708. The van der Waals surface area contributed by atoms with Crippen molar-refractivity contribution in [3.8, 4) is 0 Å². The quantitative estimate of drug-likeness (QED) is 0.750. The molecule has 3 aliphatic rings. The highest BCUT2D eigenvalue weighted by atomic mass is 16.2. The van der Waals surface area contributed by atoms with E-state index < -0.39 is 0 Å². The van der Waals surface area contributed by atoms with Crippen LogP contribution < -0.4 is 0 Å². The van der Waals surface area contributed by atoms with Gasteiger partial charge in [-0.15, -0.1) is 0 Å². The van der Waals surface area contributed by atoms with E-state index in [2.05, 4.69) is 10.0 Å². The molecule has 0 bridgehead atoms. The largest absolute Gasteiger partial charge is 0.301 e. The Morgan fingerprint density at radius 1 is 1.04 bits per heavy atom. The van der Waals surface area contributed by atoms with Crippen LogP contribution in [0.2, 0.25) is 0 Å². The van der Waals surface area contributed by atoms with Gasteiger partial charge in [0.25, 0.3) is 0 Å². The molecule has 0 N–H and O–H groups in total. The molecule has 1 saturated carbocycles. The van der Waals surface area contributed by atoms with Crippen LogP contribution in [-0.2, 0) is 4.79 Å². The zero-order valence-corrected chi connectivity index (χ0v) is 16.0. The van der Waals surface area contributed by atoms with Crippen molar-refractivity contribution in [1.82, 2.24) is 9.91 Å². The second kappa shape index (κ2) is 8.34. The predicted octanol–water partition coefficient (Wildman–Crippen LogP) is 3.36. The van der Waals surface area contributed by atoms with Gasteiger partial charge in [-0.1, -0.05) is 36.8 Å². The van der Waals surface area contributed by atoms with E-state index in [1.165, 1.54) is 18.6 Å². The van der Waals surface area contributed by atoms with E-state index in [1.807, 2.05) is 30.3 Å². The number of piperidine rings is 1. The summed E-state index contributed by atoms with van der Waals surface area (Å²) in [5.41, 5.74) is 2.07. The normalized spacial score (nSPS) is 24.4. The molecule has 1 saturated heterocycles. The number of nitrogens with zero attached hydrogens (tertiary/aromatic N) is 3. The Morgan fingerprint density at radius 3 is 2.59 bits per heavy atom. The summed E-state index contributed by atoms with van der Waals surface area (Å²) < 4.78 is 0. The van der Waals surface area contributed by atoms with Gasteiger partial charge in [0.2, 0.25) is 5.91 Å². The molecule has 0 aromatic heterocycles. The van der Waals surface area contributed by atoms with Crippen LogP contribution in [-0.4, -0.2) is 53.5 Å². The minimum Gasteiger partial charge on any atom is -0.301 e. The van der Waals surface area contributed by atoms with Crippen LogP contribution in [0.5, 0.6) is 0 Å². The van der Waals surface area contributed by atoms with Crippen LogP contribution in [0.15, 0.2) is 35.4 Å². The van der Waals surface area contributed by atoms with Gasteiger partial charge in [0, 0.05) is 36.1 Å². The molecule has 27 heavy (non-hydrogen) atoms. The number of ketones is 1. The van der Waals surface area contributed by atoms with E-state index in [1.54, 1.807) is 5.01 Å². The monoisotopic (exact) mass is 367 g/mol. The van der Waals surface area contributed by atoms with Crippen LogP contribution in [0.1, 0.15) is 55.3 Å². The maximum absolute atomic E-state index is 12.6. The summed E-state index contributed by atoms with van der Waals surface area (Å²) in [7, 11) is 0. The summed E-state index contributed by atoms with van der Waals surface area (Å²) >= 11 is 0. The molecule has 5 nitrogen and oxygen atoms in total. The summed E-state index contributed by atoms with van der Waals surface area (Å²) in [5.74, 6) is 0.988. The Balaban J connectivity index is 1.26. The lowest BCUT2D eigenvalue weighted by molar-refractivity contribution is -0.133. The van der Waals surface area contributed by atoms with E-state index in [0.717, 1.165) is 50.9 Å². The fourth-order valence-corrected chi connectivity index (χ4v) is 4.61. The van der Waals surface area contributed by atoms with Crippen molar-refractivity contribution in [2.75, 3.05) is 26.2 Å². The Hall–Kier alpha value is -2.01. The van der Waals surface area contributed by atoms with Gasteiger partial charge in [-0.25, -0.2) is 5.01 Å². The molecule has 1 aromatic rings. The standard InChI is InChI=1S/C22H29N3O2/c26-21-16-19-8-4-5-9-20(19)23-25(21)15-14-24-12-10-18(11-13-24)22(27)17-6-2-1-3-7-17/h1-3,6-7,18-19H,4-5,8-16H2. The average Bonchev–Trinajstić information content (AvgIpc) is 2.73. The van der Waals surface area contributed by atoms with Crippen molar-refractivity contribution in [3.63, 3.8) is 0 Å². The Kier molecular flexibility index (Phi) is 5.67. The summed E-state index contributed by atoms with van der Waals surface area (Å²) in [5, 5.41) is 6.38. The van der Waals surface area contributed by atoms with Gasteiger partial charge in [0.1, 0.15) is 0 Å². The number of carbonyl (C=O) groups is 2. The molecule has 1 unspecified atom stereocenters. The molecule has 0 radical (unpaired) electrons. The summed E-state index contributed by atoms with van der Waals surface area (Å²) in [6.07, 6.45) is 7.07. The third-order valence-electron chi connectivity index (χ3n) is 6.31. The van der Waals surface area contributed by atoms with Crippen molar-refractivity contribution in [3.05, 3.63) is 35.9 Å². The van der Waals surface area contributed by atoms with Crippen LogP contribution in [0, 0.1) is 11.8 Å². The number of likely N-dealkylation sites (tertiary alicyclic amines) is 1. The number of fused-ring (bicyclic) bond motifs is 1. The van der Waals surface area contributed by atoms with Gasteiger partial charge < -0.3 is 4.90 Å². The molecule has 4 rings (SSSR count). The van der Waals surface area contributed by atoms with Gasteiger partial charge in [0.05, 0.1) is 6.54 Å². The van der Waals surface area contributed by atoms with Gasteiger partial charge in [-0.3, -0.25) is 9.59 Å². The molecular formula is C22H29N3O2. The number of hydrogen-bond acceptors (Lipinski definition) is 4. The van der Waals surface area contributed by atoms with Gasteiger partial charge in [-0.05, 0) is 45.2 Å². The number of hydrazone groups is 1. The highest BCUT2D eigenvalue weighted by Crippen LogP contribution is 2.29. The lowest BCUT2D eigenvalue weighted by Crippen LogP contribution is -2.44. The zero-order valence-electron chi connectivity index (χ0n) is 16.0. The first-order valence-corrected chi connectivity index (χ1v) is 10.4. The lowest BCUT2D eigenvalue weighted by atomic mass is 9.84. The molecule has 0 spiro atoms. The Labute approximate surface area is 161 Å². The molecule has 2 fully saturated rings. The number of benzene rings is 1. The SMILES string of the molecule is O=C(c1ccccc1)C1CCN(CCN2N=C3CCCCC3CC2=O)CC1. The van der Waals surface area contributed by atoms with Crippen molar-refractivity contribution in [1.29, 1.82) is 0 Å². The molecule has 2 heterocycles. The van der Waals surface area contributed by atoms with Gasteiger partial charge >= 0.3 is 0 Å². The first kappa shape index (κ1) is 18.4. The fourth-order valence-electron chi connectivity index (χ4n) is 4.61. The van der Waals surface area contributed by atoms with E-state index in [4.69, 9.17) is 0 Å². The highest BCUT2D eigenvalue weighted by Gasteiger charge is 2.31. The van der Waals surface area contributed by atoms with Crippen molar-refractivity contribution in [2.45, 2.75) is 44.9 Å². The maximum Gasteiger partial charge on any atom is 0.243 e. The van der Waals surface area contributed by atoms with Crippen LogP contribution in [0.4, 0.5) is 0 Å². The summed E-state index contributed by atoms with van der Waals surface area (Å²) in [6.45, 7) is 3.36. The third kappa shape index (κ3) is 4.29. The van der Waals surface area contributed by atoms with E-state index in [9.17, 15) is 9.59 Å². The fraction of sp³-hybridized carbons (Fsp3) is 0.591. The van der Waals surface area contributed by atoms with E-state index in [-0.39, 0.29) is 17.6 Å². The van der Waals surface area contributed by atoms with E-state index >= 15 is 0 Å². The topological polar surface area (TPSA) is 53.0 Å². The number of Topliss-reactive ketones (excluding diaryl/α,β-unsaturated/α-hetero) is 1. The Morgan fingerprint density at radius 2 is 1.81 bits per heavy atom. The second-order valence-electron chi connectivity index (χ2n) is 8.10. The number of amides is 1. The maximum atomic E-state index is 12.6. The number of carbonyl (C=O) groups excluding carboxylic acids is 2. The number of hydrogen-bond donors (Lipinski definition) is 0. The summed E-state index contributed by atoms with van der Waals surface area (Å²) in [4.78, 5) is 27.3. The molecule has 2 aliphatic heterocycles. The molecule has 1 amide bonds. The minimum atomic E-state index is 0.128. The molecule has 1 aliphatic carbocycles. The van der Waals surface area contributed by atoms with Crippen LogP contribution in [0.25, 0.3) is 0 Å². The summed E-state index contributed by atoms with van der Waals surface area (Å²) in [6, 6.07) is 9.62. The molecule has 5 heteroatoms. The molecule has 1 atom stereocenters. The highest BCUT2D eigenvalue weighted by molar-refractivity contribution is 5.98. The van der Waals surface area contributed by atoms with Crippen molar-refractivity contribution in [2.24, 2.45) is 16.9 Å². The smallest absolute Gasteiger partial charge is 0.243 e. The average molecular weight is 367 g/mol. The zero-order chi connectivity index (χ0) is 18.6.